The molecule has 1 saturated heterocycles. The minimum Gasteiger partial charge on any atom is -0.490 e. The van der Waals surface area contributed by atoms with Gasteiger partial charge in [0.1, 0.15) is 10.8 Å². The van der Waals surface area contributed by atoms with Gasteiger partial charge in [-0.2, -0.15) is 5.10 Å². The average Bonchev–Trinajstić information content (AvgIpc) is 2.77. The summed E-state index contributed by atoms with van der Waals surface area (Å²) in [6, 6.07) is 9.95. The summed E-state index contributed by atoms with van der Waals surface area (Å²) in [7, 11) is 0. The highest BCUT2D eigenvalue weighted by atomic mass is 35.5. The van der Waals surface area contributed by atoms with Gasteiger partial charge in [0.05, 0.1) is 30.6 Å². The lowest BCUT2D eigenvalue weighted by Gasteiger charge is -2.29. The van der Waals surface area contributed by atoms with Crippen molar-refractivity contribution in [3.63, 3.8) is 0 Å². The Bertz CT molecular complexity index is 844. The van der Waals surface area contributed by atoms with E-state index in [1.54, 1.807) is 10.9 Å². The second-order valence-corrected chi connectivity index (χ2v) is 8.33. The maximum absolute atomic E-state index is 12.8. The molecule has 1 aliphatic heterocycles. The predicted molar refractivity (Wildman–Crippen MR) is 114 cm³/mol. The molecule has 1 atom stereocenters. The summed E-state index contributed by atoms with van der Waals surface area (Å²) in [4.78, 5) is 12.8. The van der Waals surface area contributed by atoms with E-state index in [0.29, 0.717) is 11.6 Å². The summed E-state index contributed by atoms with van der Waals surface area (Å²) >= 11 is 6.38. The van der Waals surface area contributed by atoms with Crippen molar-refractivity contribution in [2.75, 3.05) is 25.1 Å². The number of para-hydroxylation sites is 1. The van der Waals surface area contributed by atoms with Gasteiger partial charge in [0.15, 0.2) is 0 Å². The first-order chi connectivity index (χ1) is 14.2. The standard InChI is InChI=1S/C22H28ClN3O3/c23-21-20(24-13-16-5-4-12-28-15-16)14-25-26(22(21)27)17-8-10-19(11-9-17)29-18-6-2-1-3-7-18/h1-3,6-7,14,16-17,19,24H,4-5,8-13,15H2/t16?,17-,19-. The van der Waals surface area contributed by atoms with Crippen LogP contribution >= 0.6 is 11.6 Å². The van der Waals surface area contributed by atoms with Gasteiger partial charge in [-0.15, -0.1) is 0 Å². The number of halogens is 1. The predicted octanol–water partition coefficient (Wildman–Crippen LogP) is 4.30. The number of nitrogens with one attached hydrogen (secondary N) is 1. The van der Waals surface area contributed by atoms with E-state index in [2.05, 4.69) is 10.4 Å². The third-order valence-corrected chi connectivity index (χ3v) is 6.18. The maximum Gasteiger partial charge on any atom is 0.287 e. The Morgan fingerprint density at radius 1 is 1.17 bits per heavy atom. The third-order valence-electron chi connectivity index (χ3n) is 5.81. The zero-order valence-electron chi connectivity index (χ0n) is 16.6. The number of rotatable bonds is 6. The first-order valence-electron chi connectivity index (χ1n) is 10.5. The minimum absolute atomic E-state index is 0.0661. The molecule has 2 aromatic rings. The van der Waals surface area contributed by atoms with Gasteiger partial charge in [-0.05, 0) is 56.6 Å². The Morgan fingerprint density at radius 3 is 2.69 bits per heavy atom. The zero-order chi connectivity index (χ0) is 20.1. The van der Waals surface area contributed by atoms with Crippen molar-refractivity contribution in [3.8, 4) is 5.75 Å². The second-order valence-electron chi connectivity index (χ2n) is 7.95. The molecule has 1 N–H and O–H groups in total. The fourth-order valence-corrected chi connectivity index (χ4v) is 4.35. The van der Waals surface area contributed by atoms with Crippen molar-refractivity contribution in [1.82, 2.24) is 9.78 Å². The summed E-state index contributed by atoms with van der Waals surface area (Å²) in [6.07, 6.45) is 7.57. The number of aromatic nitrogens is 2. The van der Waals surface area contributed by atoms with E-state index >= 15 is 0 Å². The van der Waals surface area contributed by atoms with Crippen molar-refractivity contribution in [3.05, 3.63) is 51.9 Å². The van der Waals surface area contributed by atoms with E-state index in [4.69, 9.17) is 21.1 Å². The average molecular weight is 418 g/mol. The molecule has 1 aromatic heterocycles. The molecule has 6 nitrogen and oxygen atoms in total. The van der Waals surface area contributed by atoms with E-state index < -0.39 is 0 Å². The largest absolute Gasteiger partial charge is 0.490 e. The van der Waals surface area contributed by atoms with E-state index in [1.807, 2.05) is 30.3 Å². The molecule has 0 amide bonds. The van der Waals surface area contributed by atoms with Gasteiger partial charge in [-0.1, -0.05) is 29.8 Å². The molecule has 1 unspecified atom stereocenters. The van der Waals surface area contributed by atoms with Crippen molar-refractivity contribution < 1.29 is 9.47 Å². The van der Waals surface area contributed by atoms with E-state index in [0.717, 1.165) is 64.0 Å². The second kappa shape index (κ2) is 9.63. The molecule has 2 heterocycles. The molecule has 0 radical (unpaired) electrons. The Hall–Kier alpha value is -2.05. The van der Waals surface area contributed by atoms with Crippen LogP contribution in [0.15, 0.2) is 41.3 Å². The Morgan fingerprint density at radius 2 is 1.97 bits per heavy atom. The molecule has 156 valence electrons. The van der Waals surface area contributed by atoms with Crippen molar-refractivity contribution in [2.24, 2.45) is 5.92 Å². The molecular formula is C22H28ClN3O3. The van der Waals surface area contributed by atoms with E-state index in [1.165, 1.54) is 0 Å². The van der Waals surface area contributed by atoms with Crippen LogP contribution in [0.5, 0.6) is 5.75 Å². The van der Waals surface area contributed by atoms with Crippen LogP contribution in [-0.2, 0) is 4.74 Å². The van der Waals surface area contributed by atoms with Crippen LogP contribution in [0.1, 0.15) is 44.6 Å². The Balaban J connectivity index is 1.34. The van der Waals surface area contributed by atoms with Gasteiger partial charge in [-0.3, -0.25) is 4.79 Å². The fourth-order valence-electron chi connectivity index (χ4n) is 4.15. The molecule has 7 heteroatoms. The number of anilines is 1. The van der Waals surface area contributed by atoms with E-state index in [9.17, 15) is 4.79 Å². The number of ether oxygens (including phenoxy) is 2. The highest BCUT2D eigenvalue weighted by Gasteiger charge is 2.26. The molecule has 4 rings (SSSR count). The van der Waals surface area contributed by atoms with Gasteiger partial charge in [0.2, 0.25) is 0 Å². The highest BCUT2D eigenvalue weighted by molar-refractivity contribution is 6.32. The van der Waals surface area contributed by atoms with E-state index in [-0.39, 0.29) is 22.7 Å². The minimum atomic E-state index is -0.219. The fraction of sp³-hybridized carbons (Fsp3) is 0.545. The summed E-state index contributed by atoms with van der Waals surface area (Å²) in [5.41, 5.74) is 0.392. The molecule has 0 bridgehead atoms. The molecule has 2 fully saturated rings. The zero-order valence-corrected chi connectivity index (χ0v) is 17.3. The third kappa shape index (κ3) is 5.11. The van der Waals surface area contributed by atoms with Crippen molar-refractivity contribution in [2.45, 2.75) is 50.7 Å². The van der Waals surface area contributed by atoms with Gasteiger partial charge < -0.3 is 14.8 Å². The van der Waals surface area contributed by atoms with Gasteiger partial charge in [0.25, 0.3) is 5.56 Å². The molecule has 29 heavy (non-hydrogen) atoms. The molecule has 2 aliphatic rings. The molecular weight excluding hydrogens is 390 g/mol. The number of hydrogen-bond donors (Lipinski definition) is 1. The van der Waals surface area contributed by atoms with Crippen LogP contribution < -0.4 is 15.6 Å². The number of hydrogen-bond acceptors (Lipinski definition) is 5. The topological polar surface area (TPSA) is 65.4 Å². The van der Waals surface area contributed by atoms with Crippen LogP contribution in [0.25, 0.3) is 0 Å². The Labute approximate surface area is 176 Å². The maximum atomic E-state index is 12.8. The van der Waals surface area contributed by atoms with Crippen LogP contribution in [0, 0.1) is 5.92 Å². The Kier molecular flexibility index (Phi) is 6.72. The van der Waals surface area contributed by atoms with Crippen LogP contribution in [0.3, 0.4) is 0 Å². The quantitative estimate of drug-likeness (QED) is 0.759. The lowest BCUT2D eigenvalue weighted by molar-refractivity contribution is 0.0595. The lowest BCUT2D eigenvalue weighted by Crippen LogP contribution is -2.33. The van der Waals surface area contributed by atoms with Crippen LogP contribution in [0.4, 0.5) is 5.69 Å². The van der Waals surface area contributed by atoms with Crippen LogP contribution in [-0.4, -0.2) is 35.6 Å². The normalized spacial score (nSPS) is 24.8. The van der Waals surface area contributed by atoms with Gasteiger partial charge in [0, 0.05) is 13.2 Å². The summed E-state index contributed by atoms with van der Waals surface area (Å²) < 4.78 is 13.1. The number of benzene rings is 1. The van der Waals surface area contributed by atoms with Gasteiger partial charge in [-0.25, -0.2) is 4.68 Å². The molecule has 1 saturated carbocycles. The molecule has 0 spiro atoms. The molecule has 1 aromatic carbocycles. The summed E-state index contributed by atoms with van der Waals surface area (Å²) in [5.74, 6) is 1.34. The smallest absolute Gasteiger partial charge is 0.287 e. The highest BCUT2D eigenvalue weighted by Crippen LogP contribution is 2.30. The monoisotopic (exact) mass is 417 g/mol. The van der Waals surface area contributed by atoms with Crippen LogP contribution in [0.2, 0.25) is 5.02 Å². The lowest BCUT2D eigenvalue weighted by atomic mass is 9.93. The SMILES string of the molecule is O=c1c(Cl)c(NCC2CCCOC2)cnn1[C@H]1CC[C@H](Oc2ccccc2)CC1. The van der Waals surface area contributed by atoms with Gasteiger partial charge >= 0.3 is 0 Å². The summed E-state index contributed by atoms with van der Waals surface area (Å²) in [6.45, 7) is 2.34. The summed E-state index contributed by atoms with van der Waals surface area (Å²) in [5, 5.41) is 7.92. The number of nitrogens with zero attached hydrogens (tertiary/aromatic N) is 2. The molecule has 1 aliphatic carbocycles. The first-order valence-corrected chi connectivity index (χ1v) is 10.9. The van der Waals surface area contributed by atoms with Crippen molar-refractivity contribution in [1.29, 1.82) is 0 Å². The first kappa shape index (κ1) is 20.2. The van der Waals surface area contributed by atoms with Crippen molar-refractivity contribution >= 4 is 17.3 Å².